The first-order chi connectivity index (χ1) is 22.6. The molecule has 1 aliphatic carbocycles. The van der Waals surface area contributed by atoms with Crippen LogP contribution in [0.1, 0.15) is 47.2 Å². The molecule has 4 aromatic carbocycles. The Labute approximate surface area is 271 Å². The van der Waals surface area contributed by atoms with Gasteiger partial charge in [-0.15, -0.1) is 0 Å². The fraction of sp³-hybridized carbons (Fsp3) is 0.211. The van der Waals surface area contributed by atoms with E-state index in [1.54, 1.807) is 14.2 Å². The van der Waals surface area contributed by atoms with E-state index in [2.05, 4.69) is 18.2 Å². The third-order valence-electron chi connectivity index (χ3n) is 8.40. The highest BCUT2D eigenvalue weighted by molar-refractivity contribution is 7.07. The highest BCUT2D eigenvalue weighted by atomic mass is 32.1. The minimum Gasteiger partial charge on any atom is -0.493 e. The van der Waals surface area contributed by atoms with Gasteiger partial charge in [-0.3, -0.25) is 9.36 Å². The fourth-order valence-corrected chi connectivity index (χ4v) is 7.23. The number of thiazole rings is 1. The summed E-state index contributed by atoms with van der Waals surface area (Å²) >= 11 is 1.40. The van der Waals surface area contributed by atoms with Gasteiger partial charge in [-0.25, -0.2) is 4.99 Å². The van der Waals surface area contributed by atoms with Gasteiger partial charge in [0.05, 0.1) is 37.1 Å². The molecule has 0 radical (unpaired) electrons. The maximum absolute atomic E-state index is 14.3. The SMILES string of the molecule is CCOc1cc(/C=c2\sc3n(c2=O)C(c2ccc(OC)c(OC)c2)C2=C(N=3)c3ccccc3CC2)ccc1OCc1ccccc1. The molecule has 1 atom stereocenters. The monoisotopic (exact) mass is 630 g/mol. The molecular weight excluding hydrogens is 596 g/mol. The van der Waals surface area contributed by atoms with Gasteiger partial charge in [-0.1, -0.05) is 78.1 Å². The molecule has 1 unspecified atom stereocenters. The van der Waals surface area contributed by atoms with E-state index < -0.39 is 0 Å². The Balaban J connectivity index is 1.34. The second-order valence-electron chi connectivity index (χ2n) is 11.1. The molecule has 0 N–H and O–H groups in total. The lowest BCUT2D eigenvalue weighted by atomic mass is 9.83. The van der Waals surface area contributed by atoms with E-state index in [0.29, 0.717) is 45.5 Å². The molecule has 0 amide bonds. The highest BCUT2D eigenvalue weighted by Crippen LogP contribution is 2.43. The normalized spacial score (nSPS) is 15.4. The van der Waals surface area contributed by atoms with Crippen LogP contribution in [-0.2, 0) is 13.0 Å². The number of benzene rings is 4. The molecule has 0 bridgehead atoms. The quantitative estimate of drug-likeness (QED) is 0.191. The lowest BCUT2D eigenvalue weighted by Crippen LogP contribution is -2.38. The van der Waals surface area contributed by atoms with Crippen LogP contribution in [0.3, 0.4) is 0 Å². The first-order valence-corrected chi connectivity index (χ1v) is 16.2. The molecule has 0 spiro atoms. The van der Waals surface area contributed by atoms with E-state index in [1.807, 2.05) is 90.4 Å². The van der Waals surface area contributed by atoms with Crippen molar-refractivity contribution < 1.29 is 18.9 Å². The van der Waals surface area contributed by atoms with Crippen LogP contribution in [-0.4, -0.2) is 25.4 Å². The van der Waals surface area contributed by atoms with Gasteiger partial charge in [-0.05, 0) is 77.9 Å². The van der Waals surface area contributed by atoms with Gasteiger partial charge >= 0.3 is 0 Å². The summed E-state index contributed by atoms with van der Waals surface area (Å²) in [5, 5.41) is 0. The number of methoxy groups -OCH3 is 2. The summed E-state index contributed by atoms with van der Waals surface area (Å²) in [5.74, 6) is 2.55. The molecule has 0 saturated carbocycles. The number of nitrogens with zero attached hydrogens (tertiary/aromatic N) is 2. The van der Waals surface area contributed by atoms with Gasteiger partial charge in [0.25, 0.3) is 5.56 Å². The second kappa shape index (κ2) is 12.7. The second-order valence-corrected chi connectivity index (χ2v) is 12.2. The van der Waals surface area contributed by atoms with Gasteiger partial charge in [-0.2, -0.15) is 0 Å². The summed E-state index contributed by atoms with van der Waals surface area (Å²) in [5.41, 5.74) is 7.26. The summed E-state index contributed by atoms with van der Waals surface area (Å²) in [6, 6.07) is 29.8. The Morgan fingerprint density at radius 1 is 0.848 bits per heavy atom. The molecular formula is C38H34N2O5S. The summed E-state index contributed by atoms with van der Waals surface area (Å²) in [4.78, 5) is 20.1. The van der Waals surface area contributed by atoms with E-state index >= 15 is 0 Å². The Morgan fingerprint density at radius 3 is 2.43 bits per heavy atom. The number of allylic oxidation sites excluding steroid dienone is 1. The zero-order valence-electron chi connectivity index (χ0n) is 26.0. The first-order valence-electron chi connectivity index (χ1n) is 15.4. The molecule has 2 aliphatic rings. The van der Waals surface area contributed by atoms with E-state index in [9.17, 15) is 4.79 Å². The van der Waals surface area contributed by atoms with Crippen LogP contribution in [0.2, 0.25) is 0 Å². The van der Waals surface area contributed by atoms with E-state index in [-0.39, 0.29) is 11.6 Å². The van der Waals surface area contributed by atoms with Crippen LogP contribution in [0.15, 0.2) is 106 Å². The largest absolute Gasteiger partial charge is 0.493 e. The van der Waals surface area contributed by atoms with Crippen LogP contribution in [0.25, 0.3) is 11.8 Å². The molecule has 0 fully saturated rings. The zero-order chi connectivity index (χ0) is 31.6. The predicted molar refractivity (Wildman–Crippen MR) is 181 cm³/mol. The molecule has 7 rings (SSSR count). The number of hydrogen-bond acceptors (Lipinski definition) is 7. The van der Waals surface area contributed by atoms with Crippen LogP contribution in [0, 0.1) is 0 Å². The summed E-state index contributed by atoms with van der Waals surface area (Å²) in [6.07, 6.45) is 3.61. The van der Waals surface area contributed by atoms with Gasteiger partial charge in [0.1, 0.15) is 6.61 Å². The number of rotatable bonds is 9. The molecule has 46 heavy (non-hydrogen) atoms. The number of ether oxygens (including phenoxy) is 4. The van der Waals surface area contributed by atoms with Crippen molar-refractivity contribution in [3.63, 3.8) is 0 Å². The van der Waals surface area contributed by atoms with Crippen molar-refractivity contribution in [2.45, 2.75) is 32.4 Å². The highest BCUT2D eigenvalue weighted by Gasteiger charge is 2.33. The van der Waals surface area contributed by atoms with Crippen LogP contribution >= 0.6 is 11.3 Å². The predicted octanol–water partition coefficient (Wildman–Crippen LogP) is 6.31. The summed E-state index contributed by atoms with van der Waals surface area (Å²) in [7, 11) is 3.25. The van der Waals surface area contributed by atoms with E-state index in [1.165, 1.54) is 16.9 Å². The van der Waals surface area contributed by atoms with Gasteiger partial charge in [0, 0.05) is 5.56 Å². The lowest BCUT2D eigenvalue weighted by Gasteiger charge is -2.31. The Hall–Kier alpha value is -5.08. The summed E-state index contributed by atoms with van der Waals surface area (Å²) < 4.78 is 25.7. The lowest BCUT2D eigenvalue weighted by molar-refractivity contribution is 0.269. The third kappa shape index (κ3) is 5.49. The first kappa shape index (κ1) is 29.6. The van der Waals surface area contributed by atoms with Crippen molar-refractivity contribution >= 4 is 23.1 Å². The smallest absolute Gasteiger partial charge is 0.271 e. The minimum atomic E-state index is -0.325. The zero-order valence-corrected chi connectivity index (χ0v) is 26.8. The van der Waals surface area contributed by atoms with Crippen LogP contribution in [0.5, 0.6) is 23.0 Å². The molecule has 1 aromatic heterocycles. The van der Waals surface area contributed by atoms with Gasteiger partial charge in [0.15, 0.2) is 27.8 Å². The van der Waals surface area contributed by atoms with Crippen LogP contribution in [0.4, 0.5) is 0 Å². The van der Waals surface area contributed by atoms with Crippen molar-refractivity contribution in [3.8, 4) is 23.0 Å². The maximum Gasteiger partial charge on any atom is 0.271 e. The number of aryl methyl sites for hydroxylation is 1. The van der Waals surface area contributed by atoms with E-state index in [0.717, 1.165) is 46.4 Å². The number of aromatic nitrogens is 1. The van der Waals surface area contributed by atoms with Crippen molar-refractivity contribution in [2.24, 2.45) is 4.99 Å². The number of fused-ring (bicyclic) bond motifs is 3. The molecule has 8 heteroatoms. The summed E-state index contributed by atoms with van der Waals surface area (Å²) in [6.45, 7) is 2.87. The fourth-order valence-electron chi connectivity index (χ4n) is 6.23. The standard InChI is InChI=1S/C38H34N2O5S/c1-4-44-33-20-25(14-18-31(33)45-23-24-10-6-5-7-11-24)21-34-37(41)40-36(27-16-19-30(42-2)32(22-27)43-3)29-17-15-26-12-8-9-13-28(26)35(29)39-38(40)46-34/h5-14,16,18-22,36H,4,15,17,23H2,1-3H3/b34-21-. The van der Waals surface area contributed by atoms with Crippen molar-refractivity contribution in [2.75, 3.05) is 20.8 Å². The van der Waals surface area contributed by atoms with E-state index in [4.69, 9.17) is 23.9 Å². The third-order valence-corrected chi connectivity index (χ3v) is 9.38. The van der Waals surface area contributed by atoms with Crippen molar-refractivity contribution in [1.82, 2.24) is 4.57 Å². The van der Waals surface area contributed by atoms with Crippen molar-refractivity contribution in [3.05, 3.63) is 144 Å². The topological polar surface area (TPSA) is 71.3 Å². The van der Waals surface area contributed by atoms with Crippen molar-refractivity contribution in [1.29, 1.82) is 0 Å². The average molecular weight is 631 g/mol. The Kier molecular flexibility index (Phi) is 8.20. The molecule has 2 heterocycles. The Bertz CT molecular complexity index is 2130. The average Bonchev–Trinajstić information content (AvgIpc) is 3.40. The van der Waals surface area contributed by atoms with Crippen LogP contribution < -0.4 is 33.8 Å². The maximum atomic E-state index is 14.3. The molecule has 5 aromatic rings. The molecule has 7 nitrogen and oxygen atoms in total. The minimum absolute atomic E-state index is 0.0868. The molecule has 1 aliphatic heterocycles. The van der Waals surface area contributed by atoms with Gasteiger partial charge in [0.2, 0.25) is 0 Å². The van der Waals surface area contributed by atoms with Gasteiger partial charge < -0.3 is 18.9 Å². The molecule has 232 valence electrons. The number of hydrogen-bond donors (Lipinski definition) is 0. The molecule has 0 saturated heterocycles. The Morgan fingerprint density at radius 2 is 1.63 bits per heavy atom.